The van der Waals surface area contributed by atoms with Gasteiger partial charge in [0.15, 0.2) is 0 Å². The Morgan fingerprint density at radius 3 is 2.54 bits per heavy atom. The number of Topliss-reactive ketones (excluding diaryl/α,β-unsaturated/α-hetero) is 1. The van der Waals surface area contributed by atoms with Crippen molar-refractivity contribution >= 4 is 23.1 Å². The minimum atomic E-state index is -0.897. The number of carbonyl (C=O) groups is 2. The summed E-state index contributed by atoms with van der Waals surface area (Å²) in [6.07, 6.45) is 0.583. The molecule has 0 saturated carbocycles. The molecule has 1 unspecified atom stereocenters. The van der Waals surface area contributed by atoms with Crippen LogP contribution in [-0.2, 0) is 9.59 Å². The molecule has 0 radical (unpaired) electrons. The minimum absolute atomic E-state index is 0.0464. The van der Waals surface area contributed by atoms with Crippen molar-refractivity contribution in [2.24, 2.45) is 0 Å². The van der Waals surface area contributed by atoms with Gasteiger partial charge in [0.1, 0.15) is 11.5 Å². The van der Waals surface area contributed by atoms with Crippen LogP contribution >= 0.6 is 0 Å². The Bertz CT molecular complexity index is 998. The number of ketones is 1. The summed E-state index contributed by atoms with van der Waals surface area (Å²) in [4.78, 5) is 37.0. The molecule has 1 saturated heterocycles. The van der Waals surface area contributed by atoms with E-state index in [0.29, 0.717) is 12.0 Å². The zero-order valence-corrected chi connectivity index (χ0v) is 15.0. The average molecular weight is 382 g/mol. The van der Waals surface area contributed by atoms with Crippen LogP contribution < -0.4 is 0 Å². The molecule has 8 heteroatoms. The van der Waals surface area contributed by atoms with Gasteiger partial charge in [-0.2, -0.15) is 0 Å². The van der Waals surface area contributed by atoms with E-state index in [-0.39, 0.29) is 29.1 Å². The van der Waals surface area contributed by atoms with Crippen molar-refractivity contribution < 1.29 is 24.7 Å². The Kier molecular flexibility index (Phi) is 5.12. The number of nitrogens with zero attached hydrogens (tertiary/aromatic N) is 2. The molecule has 2 aromatic rings. The summed E-state index contributed by atoms with van der Waals surface area (Å²) in [5, 5.41) is 31.6. The molecule has 1 fully saturated rings. The van der Waals surface area contributed by atoms with E-state index in [1.807, 2.05) is 6.92 Å². The first kappa shape index (κ1) is 19.1. The molecule has 0 aromatic heterocycles. The van der Waals surface area contributed by atoms with E-state index < -0.39 is 28.4 Å². The maximum Gasteiger partial charge on any atom is 0.295 e. The van der Waals surface area contributed by atoms with E-state index in [1.54, 1.807) is 12.1 Å². The van der Waals surface area contributed by atoms with Crippen molar-refractivity contribution in [3.8, 4) is 5.75 Å². The SMILES string of the molecule is CCCN1C(=O)C(=O)/C(=C(\O)c2cccc([N+](=O)[O-])c2)C1c1cccc(O)c1. The predicted molar refractivity (Wildman–Crippen MR) is 101 cm³/mol. The van der Waals surface area contributed by atoms with Gasteiger partial charge in [-0.1, -0.05) is 31.2 Å². The molecule has 1 aliphatic heterocycles. The number of aliphatic hydroxyl groups excluding tert-OH is 1. The number of likely N-dealkylation sites (tertiary alicyclic amines) is 1. The number of benzene rings is 2. The van der Waals surface area contributed by atoms with Gasteiger partial charge in [-0.05, 0) is 24.1 Å². The Morgan fingerprint density at radius 1 is 1.18 bits per heavy atom. The van der Waals surface area contributed by atoms with Crippen molar-refractivity contribution in [3.63, 3.8) is 0 Å². The predicted octanol–water partition coefficient (Wildman–Crippen LogP) is 3.13. The van der Waals surface area contributed by atoms with Gasteiger partial charge < -0.3 is 15.1 Å². The molecule has 2 aromatic carbocycles. The van der Waals surface area contributed by atoms with Gasteiger partial charge >= 0.3 is 0 Å². The first-order chi connectivity index (χ1) is 13.3. The third-order valence-electron chi connectivity index (χ3n) is 4.52. The molecule has 144 valence electrons. The van der Waals surface area contributed by atoms with E-state index >= 15 is 0 Å². The maximum atomic E-state index is 12.7. The summed E-state index contributed by atoms with van der Waals surface area (Å²) >= 11 is 0. The number of nitro benzene ring substituents is 1. The summed E-state index contributed by atoms with van der Waals surface area (Å²) < 4.78 is 0. The van der Waals surface area contributed by atoms with E-state index in [9.17, 15) is 29.9 Å². The number of phenolic OH excluding ortho intramolecular Hbond substituents is 1. The van der Waals surface area contributed by atoms with Gasteiger partial charge in [-0.3, -0.25) is 19.7 Å². The number of non-ortho nitro benzene ring substituents is 1. The summed E-state index contributed by atoms with van der Waals surface area (Å²) in [5.41, 5.74) is 0.110. The van der Waals surface area contributed by atoms with Crippen LogP contribution in [0.25, 0.3) is 5.76 Å². The highest BCUT2D eigenvalue weighted by Crippen LogP contribution is 2.40. The van der Waals surface area contributed by atoms with Crippen LogP contribution in [0.1, 0.15) is 30.5 Å². The molecule has 0 spiro atoms. The number of aromatic hydroxyl groups is 1. The second-order valence-electron chi connectivity index (χ2n) is 6.39. The van der Waals surface area contributed by atoms with Crippen molar-refractivity contribution in [3.05, 3.63) is 75.3 Å². The van der Waals surface area contributed by atoms with Crippen molar-refractivity contribution in [2.45, 2.75) is 19.4 Å². The molecule has 0 aliphatic carbocycles. The second-order valence-corrected chi connectivity index (χ2v) is 6.39. The number of hydrogen-bond donors (Lipinski definition) is 2. The van der Waals surface area contributed by atoms with Crippen LogP contribution in [-0.4, -0.2) is 38.3 Å². The monoisotopic (exact) mass is 382 g/mol. The second kappa shape index (κ2) is 7.51. The van der Waals surface area contributed by atoms with Crippen LogP contribution in [0.2, 0.25) is 0 Å². The third kappa shape index (κ3) is 3.32. The lowest BCUT2D eigenvalue weighted by atomic mass is 9.95. The normalized spacial score (nSPS) is 18.5. The van der Waals surface area contributed by atoms with E-state index in [1.165, 1.54) is 35.2 Å². The molecular formula is C20H18N2O6. The molecule has 2 N–H and O–H groups in total. The number of nitro groups is 1. The van der Waals surface area contributed by atoms with Gasteiger partial charge in [0.25, 0.3) is 17.4 Å². The zero-order valence-electron chi connectivity index (χ0n) is 15.0. The first-order valence-corrected chi connectivity index (χ1v) is 8.67. The first-order valence-electron chi connectivity index (χ1n) is 8.67. The van der Waals surface area contributed by atoms with E-state index in [4.69, 9.17) is 0 Å². The summed E-state index contributed by atoms with van der Waals surface area (Å²) in [5.74, 6) is -2.17. The molecular weight excluding hydrogens is 364 g/mol. The topological polar surface area (TPSA) is 121 Å². The van der Waals surface area contributed by atoms with Crippen molar-refractivity contribution in [2.75, 3.05) is 6.54 Å². The Balaban J connectivity index is 2.21. The Morgan fingerprint density at radius 2 is 1.89 bits per heavy atom. The lowest BCUT2D eigenvalue weighted by Gasteiger charge is -2.24. The molecule has 1 amide bonds. The molecule has 28 heavy (non-hydrogen) atoms. The van der Waals surface area contributed by atoms with Crippen LogP contribution in [0.5, 0.6) is 5.75 Å². The van der Waals surface area contributed by atoms with Gasteiger partial charge in [0.2, 0.25) is 0 Å². The number of aliphatic hydroxyl groups is 1. The lowest BCUT2D eigenvalue weighted by molar-refractivity contribution is -0.384. The fourth-order valence-electron chi connectivity index (χ4n) is 3.32. The zero-order chi connectivity index (χ0) is 20.4. The van der Waals surface area contributed by atoms with Crippen LogP contribution in [0.4, 0.5) is 5.69 Å². The highest BCUT2D eigenvalue weighted by molar-refractivity contribution is 6.46. The van der Waals surface area contributed by atoms with Crippen LogP contribution in [0.3, 0.4) is 0 Å². The maximum absolute atomic E-state index is 12.7. The van der Waals surface area contributed by atoms with Gasteiger partial charge in [-0.25, -0.2) is 0 Å². The quantitative estimate of drug-likeness (QED) is 0.269. The third-order valence-corrected chi connectivity index (χ3v) is 4.52. The van der Waals surface area contributed by atoms with Gasteiger partial charge in [0.05, 0.1) is 16.5 Å². The average Bonchev–Trinajstić information content (AvgIpc) is 2.93. The molecule has 0 bridgehead atoms. The molecule has 1 atom stereocenters. The van der Waals surface area contributed by atoms with E-state index in [0.717, 1.165) is 6.07 Å². The van der Waals surface area contributed by atoms with Crippen LogP contribution in [0.15, 0.2) is 54.1 Å². The number of rotatable bonds is 5. The standard InChI is InChI=1S/C20H18N2O6/c1-2-9-21-17(12-5-4-8-15(23)11-12)16(19(25)20(21)26)18(24)13-6-3-7-14(10-13)22(27)28/h3-8,10-11,17,23-24H,2,9H2,1H3/b18-16-. The summed E-state index contributed by atoms with van der Waals surface area (Å²) in [6.45, 7) is 2.12. The van der Waals surface area contributed by atoms with Crippen LogP contribution in [0, 0.1) is 10.1 Å². The molecule has 8 nitrogen and oxygen atoms in total. The molecule has 3 rings (SSSR count). The fraction of sp³-hybridized carbons (Fsp3) is 0.200. The number of hydrogen-bond acceptors (Lipinski definition) is 6. The summed E-state index contributed by atoms with van der Waals surface area (Å²) in [6, 6.07) is 10.4. The van der Waals surface area contributed by atoms with Crippen molar-refractivity contribution in [1.29, 1.82) is 0 Å². The molecule has 1 aliphatic rings. The molecule has 1 heterocycles. The number of phenols is 1. The van der Waals surface area contributed by atoms with Gasteiger partial charge in [0, 0.05) is 24.2 Å². The number of carbonyl (C=O) groups excluding carboxylic acids is 2. The highest BCUT2D eigenvalue weighted by Gasteiger charge is 2.45. The fourth-order valence-corrected chi connectivity index (χ4v) is 3.32. The lowest BCUT2D eigenvalue weighted by Crippen LogP contribution is -2.30. The minimum Gasteiger partial charge on any atom is -0.508 e. The Hall–Kier alpha value is -3.68. The van der Waals surface area contributed by atoms with Gasteiger partial charge in [-0.15, -0.1) is 0 Å². The van der Waals surface area contributed by atoms with Crippen molar-refractivity contribution in [1.82, 2.24) is 4.90 Å². The largest absolute Gasteiger partial charge is 0.508 e. The highest BCUT2D eigenvalue weighted by atomic mass is 16.6. The smallest absolute Gasteiger partial charge is 0.295 e. The summed E-state index contributed by atoms with van der Waals surface area (Å²) in [7, 11) is 0. The van der Waals surface area contributed by atoms with E-state index in [2.05, 4.69) is 0 Å². The Labute approximate surface area is 160 Å². The number of amides is 1.